The summed E-state index contributed by atoms with van der Waals surface area (Å²) in [6, 6.07) is 16.5. The Morgan fingerprint density at radius 3 is 2.36 bits per heavy atom. The number of aryl methyl sites for hydroxylation is 1. The smallest absolute Gasteiger partial charge is 0.161 e. The van der Waals surface area contributed by atoms with Crippen LogP contribution in [0.2, 0.25) is 0 Å². The maximum absolute atomic E-state index is 5.89. The first-order chi connectivity index (χ1) is 10.8. The second kappa shape index (κ2) is 9.14. The van der Waals surface area contributed by atoms with Gasteiger partial charge in [-0.3, -0.25) is 0 Å². The van der Waals surface area contributed by atoms with Crippen molar-refractivity contribution in [3.63, 3.8) is 0 Å². The van der Waals surface area contributed by atoms with Gasteiger partial charge in [0.2, 0.25) is 0 Å². The summed E-state index contributed by atoms with van der Waals surface area (Å²) >= 11 is 0. The fourth-order valence-corrected chi connectivity index (χ4v) is 2.48. The number of hydrogen-bond acceptors (Lipinski definition) is 2. The van der Waals surface area contributed by atoms with Crippen LogP contribution in [0.1, 0.15) is 43.7 Å². The van der Waals surface area contributed by atoms with Crippen molar-refractivity contribution in [1.29, 1.82) is 0 Å². The van der Waals surface area contributed by atoms with Crippen molar-refractivity contribution >= 4 is 0 Å². The van der Waals surface area contributed by atoms with Crippen LogP contribution in [0.5, 0.6) is 11.5 Å². The van der Waals surface area contributed by atoms with Crippen molar-refractivity contribution < 1.29 is 9.47 Å². The van der Waals surface area contributed by atoms with E-state index in [-0.39, 0.29) is 0 Å². The van der Waals surface area contributed by atoms with Gasteiger partial charge in [-0.25, -0.2) is 0 Å². The van der Waals surface area contributed by atoms with Crippen molar-refractivity contribution in [1.82, 2.24) is 0 Å². The van der Waals surface area contributed by atoms with Gasteiger partial charge in [-0.05, 0) is 36.1 Å². The van der Waals surface area contributed by atoms with Crippen LogP contribution in [0, 0.1) is 0 Å². The highest BCUT2D eigenvalue weighted by Gasteiger charge is 2.06. The monoisotopic (exact) mass is 298 g/mol. The van der Waals surface area contributed by atoms with E-state index in [0.29, 0.717) is 6.61 Å². The molecule has 0 radical (unpaired) electrons. The van der Waals surface area contributed by atoms with Crippen LogP contribution in [-0.4, -0.2) is 7.11 Å². The third-order valence-corrected chi connectivity index (χ3v) is 3.78. The van der Waals surface area contributed by atoms with Gasteiger partial charge in [0.1, 0.15) is 6.61 Å². The van der Waals surface area contributed by atoms with Crippen LogP contribution in [0.4, 0.5) is 0 Å². The summed E-state index contributed by atoms with van der Waals surface area (Å²) in [6.45, 7) is 2.80. The second-order valence-corrected chi connectivity index (χ2v) is 5.57. The molecule has 0 spiro atoms. The molecule has 0 fully saturated rings. The second-order valence-electron chi connectivity index (χ2n) is 5.57. The van der Waals surface area contributed by atoms with Gasteiger partial charge < -0.3 is 9.47 Å². The van der Waals surface area contributed by atoms with Crippen LogP contribution in [0.3, 0.4) is 0 Å². The molecule has 0 aliphatic rings. The predicted octanol–water partition coefficient (Wildman–Crippen LogP) is 5.40. The van der Waals surface area contributed by atoms with Crippen LogP contribution in [0.15, 0.2) is 48.5 Å². The Morgan fingerprint density at radius 2 is 1.64 bits per heavy atom. The Labute approximate surface area is 134 Å². The standard InChI is InChI=1S/C20H26O2/c1-3-4-5-7-10-17-13-14-19(20(15-17)21-2)22-16-18-11-8-6-9-12-18/h6,8-9,11-15H,3-5,7,10,16H2,1-2H3. The molecule has 22 heavy (non-hydrogen) atoms. The fraction of sp³-hybridized carbons (Fsp3) is 0.400. The predicted molar refractivity (Wildman–Crippen MR) is 91.6 cm³/mol. The number of methoxy groups -OCH3 is 1. The summed E-state index contributed by atoms with van der Waals surface area (Å²) < 4.78 is 11.4. The molecule has 0 saturated carbocycles. The minimum absolute atomic E-state index is 0.563. The summed E-state index contributed by atoms with van der Waals surface area (Å²) in [7, 11) is 1.70. The van der Waals surface area contributed by atoms with E-state index in [2.05, 4.69) is 31.2 Å². The van der Waals surface area contributed by atoms with Gasteiger partial charge in [-0.2, -0.15) is 0 Å². The van der Waals surface area contributed by atoms with E-state index in [0.717, 1.165) is 23.5 Å². The SMILES string of the molecule is CCCCCCc1ccc(OCc2ccccc2)c(OC)c1. The molecule has 0 N–H and O–H groups in total. The van der Waals surface area contributed by atoms with Crippen LogP contribution < -0.4 is 9.47 Å². The topological polar surface area (TPSA) is 18.5 Å². The molecule has 0 aliphatic heterocycles. The minimum atomic E-state index is 0.563. The zero-order valence-electron chi connectivity index (χ0n) is 13.7. The van der Waals surface area contributed by atoms with Crippen molar-refractivity contribution in [3.8, 4) is 11.5 Å². The number of rotatable bonds is 9. The third kappa shape index (κ3) is 5.10. The molecule has 0 aromatic heterocycles. The van der Waals surface area contributed by atoms with Crippen LogP contribution in [-0.2, 0) is 13.0 Å². The molecule has 0 heterocycles. The van der Waals surface area contributed by atoms with Gasteiger partial charge >= 0.3 is 0 Å². The summed E-state index contributed by atoms with van der Waals surface area (Å²) in [5.74, 6) is 1.63. The molecule has 0 aliphatic carbocycles. The first-order valence-corrected chi connectivity index (χ1v) is 8.17. The molecule has 2 rings (SSSR count). The highest BCUT2D eigenvalue weighted by molar-refractivity contribution is 5.43. The van der Waals surface area contributed by atoms with Gasteiger partial charge in [0.15, 0.2) is 11.5 Å². The Kier molecular flexibility index (Phi) is 6.82. The molecule has 2 aromatic carbocycles. The lowest BCUT2D eigenvalue weighted by Crippen LogP contribution is -1.98. The molecule has 0 saturated heterocycles. The van der Waals surface area contributed by atoms with Gasteiger partial charge in [0, 0.05) is 0 Å². The molecule has 0 bridgehead atoms. The Balaban J connectivity index is 1.93. The maximum Gasteiger partial charge on any atom is 0.161 e. The van der Waals surface area contributed by atoms with E-state index < -0.39 is 0 Å². The molecule has 2 heteroatoms. The Morgan fingerprint density at radius 1 is 0.818 bits per heavy atom. The van der Waals surface area contributed by atoms with E-state index in [4.69, 9.17) is 9.47 Å². The number of benzene rings is 2. The van der Waals surface area contributed by atoms with E-state index in [1.807, 2.05) is 24.3 Å². The van der Waals surface area contributed by atoms with Gasteiger partial charge in [-0.15, -0.1) is 0 Å². The van der Waals surface area contributed by atoms with E-state index in [1.54, 1.807) is 7.11 Å². The van der Waals surface area contributed by atoms with Crippen molar-refractivity contribution in [2.45, 2.75) is 45.6 Å². The van der Waals surface area contributed by atoms with E-state index in [9.17, 15) is 0 Å². The lowest BCUT2D eigenvalue weighted by molar-refractivity contribution is 0.284. The van der Waals surface area contributed by atoms with Gasteiger partial charge in [-0.1, -0.05) is 62.6 Å². The number of hydrogen-bond donors (Lipinski definition) is 0. The maximum atomic E-state index is 5.89. The van der Waals surface area contributed by atoms with E-state index in [1.165, 1.54) is 31.2 Å². The quantitative estimate of drug-likeness (QED) is 0.577. The minimum Gasteiger partial charge on any atom is -0.493 e. The third-order valence-electron chi connectivity index (χ3n) is 3.78. The summed E-state index contributed by atoms with van der Waals surface area (Å²) in [5.41, 5.74) is 2.48. The van der Waals surface area contributed by atoms with E-state index >= 15 is 0 Å². The summed E-state index contributed by atoms with van der Waals surface area (Å²) in [5, 5.41) is 0. The van der Waals surface area contributed by atoms with Crippen molar-refractivity contribution in [2.24, 2.45) is 0 Å². The molecule has 0 atom stereocenters. The van der Waals surface area contributed by atoms with Crippen LogP contribution >= 0.6 is 0 Å². The molecular weight excluding hydrogens is 272 g/mol. The highest BCUT2D eigenvalue weighted by Crippen LogP contribution is 2.29. The molecular formula is C20H26O2. The summed E-state index contributed by atoms with van der Waals surface area (Å²) in [6.07, 6.45) is 6.23. The zero-order chi connectivity index (χ0) is 15.6. The fourth-order valence-electron chi connectivity index (χ4n) is 2.48. The number of ether oxygens (including phenoxy) is 2. The zero-order valence-corrected chi connectivity index (χ0v) is 13.7. The lowest BCUT2D eigenvalue weighted by atomic mass is 10.1. The molecule has 2 nitrogen and oxygen atoms in total. The van der Waals surface area contributed by atoms with Crippen LogP contribution in [0.25, 0.3) is 0 Å². The Hall–Kier alpha value is -1.96. The molecule has 118 valence electrons. The first kappa shape index (κ1) is 16.4. The molecule has 0 amide bonds. The van der Waals surface area contributed by atoms with Crippen molar-refractivity contribution in [3.05, 3.63) is 59.7 Å². The lowest BCUT2D eigenvalue weighted by Gasteiger charge is -2.12. The van der Waals surface area contributed by atoms with Gasteiger partial charge in [0.25, 0.3) is 0 Å². The average Bonchev–Trinajstić information content (AvgIpc) is 2.58. The molecule has 2 aromatic rings. The highest BCUT2D eigenvalue weighted by atomic mass is 16.5. The van der Waals surface area contributed by atoms with Crippen molar-refractivity contribution in [2.75, 3.05) is 7.11 Å². The Bertz CT molecular complexity index is 549. The summed E-state index contributed by atoms with van der Waals surface area (Å²) in [4.78, 5) is 0. The average molecular weight is 298 g/mol. The largest absolute Gasteiger partial charge is 0.493 e. The first-order valence-electron chi connectivity index (χ1n) is 8.17. The number of unbranched alkanes of at least 4 members (excludes halogenated alkanes) is 3. The molecule has 0 unspecified atom stereocenters. The normalized spacial score (nSPS) is 10.5. The van der Waals surface area contributed by atoms with Gasteiger partial charge in [0.05, 0.1) is 7.11 Å².